The van der Waals surface area contributed by atoms with Crippen molar-refractivity contribution in [2.75, 3.05) is 7.11 Å². The Bertz CT molecular complexity index is 318. The van der Waals surface area contributed by atoms with Crippen LogP contribution < -0.4 is 5.48 Å². The van der Waals surface area contributed by atoms with Crippen molar-refractivity contribution in [2.24, 2.45) is 0 Å². The van der Waals surface area contributed by atoms with Gasteiger partial charge in [0, 0.05) is 6.07 Å². The molecule has 0 radical (unpaired) electrons. The molecule has 0 saturated carbocycles. The molecule has 0 bridgehead atoms. The number of halogens is 3. The zero-order valence-corrected chi connectivity index (χ0v) is 7.27. The van der Waals surface area contributed by atoms with Crippen molar-refractivity contribution in [2.45, 2.75) is 6.54 Å². The van der Waals surface area contributed by atoms with E-state index >= 15 is 0 Å². The predicted octanol–water partition coefficient (Wildman–Crippen LogP) is 1.46. The monoisotopic (exact) mass is 207 g/mol. The molecule has 0 saturated heterocycles. The smallest absolute Gasteiger partial charge is 0.168 e. The normalized spacial score (nSPS) is 10.6. The summed E-state index contributed by atoms with van der Waals surface area (Å²) in [5.74, 6) is -4.79. The van der Waals surface area contributed by atoms with Gasteiger partial charge in [0.15, 0.2) is 23.2 Å². The standard InChI is InChI=1S/C8H8F3NO2/c1-14-12-3-4-7(11)5(9)2-6(10)8(4)13/h2,12-13H,3H2,1H3. The Balaban J connectivity index is 3.11. The summed E-state index contributed by atoms with van der Waals surface area (Å²) in [6.45, 7) is -0.331. The van der Waals surface area contributed by atoms with E-state index in [0.717, 1.165) is 0 Å². The third kappa shape index (κ3) is 1.97. The summed E-state index contributed by atoms with van der Waals surface area (Å²) in [5.41, 5.74) is 1.66. The Hall–Kier alpha value is -1.27. The summed E-state index contributed by atoms with van der Waals surface area (Å²) in [5, 5.41) is 9.05. The van der Waals surface area contributed by atoms with E-state index in [2.05, 4.69) is 10.3 Å². The number of hydrogen-bond donors (Lipinski definition) is 2. The molecular weight excluding hydrogens is 199 g/mol. The number of phenolic OH excluding ortho intramolecular Hbond substituents is 1. The van der Waals surface area contributed by atoms with Gasteiger partial charge >= 0.3 is 0 Å². The lowest BCUT2D eigenvalue weighted by molar-refractivity contribution is 0.0849. The molecule has 0 aromatic heterocycles. The molecule has 2 N–H and O–H groups in total. The second-order valence-electron chi connectivity index (χ2n) is 2.51. The summed E-state index contributed by atoms with van der Waals surface area (Å²) in [6, 6.07) is 0.279. The van der Waals surface area contributed by atoms with Crippen molar-refractivity contribution >= 4 is 0 Å². The lowest BCUT2D eigenvalue weighted by Gasteiger charge is -2.07. The van der Waals surface area contributed by atoms with Gasteiger partial charge in [-0.25, -0.2) is 13.2 Å². The van der Waals surface area contributed by atoms with Gasteiger partial charge in [-0.1, -0.05) is 0 Å². The number of aromatic hydroxyl groups is 1. The largest absolute Gasteiger partial charge is 0.505 e. The minimum atomic E-state index is -1.35. The van der Waals surface area contributed by atoms with Crippen molar-refractivity contribution in [1.29, 1.82) is 0 Å². The van der Waals surface area contributed by atoms with Crippen LogP contribution in [0.25, 0.3) is 0 Å². The zero-order chi connectivity index (χ0) is 10.7. The van der Waals surface area contributed by atoms with Crippen LogP contribution in [0.15, 0.2) is 6.07 Å². The highest BCUT2D eigenvalue weighted by Gasteiger charge is 2.17. The highest BCUT2D eigenvalue weighted by molar-refractivity contribution is 5.35. The van der Waals surface area contributed by atoms with Gasteiger partial charge in [0.2, 0.25) is 0 Å². The lowest BCUT2D eigenvalue weighted by Crippen LogP contribution is -2.13. The zero-order valence-electron chi connectivity index (χ0n) is 7.27. The van der Waals surface area contributed by atoms with Crippen LogP contribution in [0.2, 0.25) is 0 Å². The number of phenols is 1. The Morgan fingerprint density at radius 2 is 2.00 bits per heavy atom. The summed E-state index contributed by atoms with van der Waals surface area (Å²) < 4.78 is 38.3. The predicted molar refractivity (Wildman–Crippen MR) is 41.8 cm³/mol. The van der Waals surface area contributed by atoms with Crippen LogP contribution >= 0.6 is 0 Å². The molecule has 0 spiro atoms. The van der Waals surface area contributed by atoms with E-state index in [1.807, 2.05) is 0 Å². The van der Waals surface area contributed by atoms with E-state index in [9.17, 15) is 13.2 Å². The van der Waals surface area contributed by atoms with Gasteiger partial charge in [-0.2, -0.15) is 5.48 Å². The Kier molecular flexibility index (Phi) is 3.32. The number of nitrogens with one attached hydrogen (secondary N) is 1. The Morgan fingerprint density at radius 3 is 2.57 bits per heavy atom. The topological polar surface area (TPSA) is 41.5 Å². The van der Waals surface area contributed by atoms with Gasteiger partial charge in [-0.05, 0) is 0 Å². The van der Waals surface area contributed by atoms with Crippen molar-refractivity contribution in [1.82, 2.24) is 5.48 Å². The molecule has 0 heterocycles. The maximum atomic E-state index is 13.0. The summed E-state index contributed by atoms with van der Waals surface area (Å²) in [4.78, 5) is 4.36. The minimum absolute atomic E-state index is 0.279. The van der Waals surface area contributed by atoms with Crippen molar-refractivity contribution in [3.8, 4) is 5.75 Å². The van der Waals surface area contributed by atoms with Crippen LogP contribution in [0.5, 0.6) is 5.75 Å². The van der Waals surface area contributed by atoms with Gasteiger partial charge in [0.25, 0.3) is 0 Å². The highest BCUT2D eigenvalue weighted by atomic mass is 19.2. The molecular formula is C8H8F3NO2. The molecule has 14 heavy (non-hydrogen) atoms. The van der Waals surface area contributed by atoms with Crippen LogP contribution in [0.3, 0.4) is 0 Å². The van der Waals surface area contributed by atoms with Gasteiger partial charge in [0.05, 0.1) is 19.2 Å². The third-order valence-corrected chi connectivity index (χ3v) is 1.63. The molecule has 1 aromatic carbocycles. The van der Waals surface area contributed by atoms with Crippen LogP contribution in [0, 0.1) is 17.5 Å². The number of hydroxylamine groups is 1. The molecule has 3 nitrogen and oxygen atoms in total. The molecule has 1 aromatic rings. The molecule has 0 fully saturated rings. The van der Waals surface area contributed by atoms with E-state index in [-0.39, 0.29) is 12.6 Å². The molecule has 78 valence electrons. The second-order valence-corrected chi connectivity index (χ2v) is 2.51. The fourth-order valence-corrected chi connectivity index (χ4v) is 0.941. The van der Waals surface area contributed by atoms with Gasteiger partial charge in [-0.3, -0.25) is 0 Å². The van der Waals surface area contributed by atoms with Gasteiger partial charge in [0.1, 0.15) is 0 Å². The first-order valence-corrected chi connectivity index (χ1v) is 3.69. The number of rotatable bonds is 3. The van der Waals surface area contributed by atoms with Gasteiger partial charge in [-0.15, -0.1) is 0 Å². The minimum Gasteiger partial charge on any atom is -0.505 e. The molecule has 0 aliphatic carbocycles. The molecule has 0 aliphatic heterocycles. The van der Waals surface area contributed by atoms with Crippen molar-refractivity contribution in [3.05, 3.63) is 29.1 Å². The lowest BCUT2D eigenvalue weighted by atomic mass is 10.1. The quantitative estimate of drug-likeness (QED) is 0.582. The fourth-order valence-electron chi connectivity index (χ4n) is 0.941. The van der Waals surface area contributed by atoms with E-state index in [4.69, 9.17) is 5.11 Å². The molecule has 0 unspecified atom stereocenters. The first-order valence-electron chi connectivity index (χ1n) is 3.69. The SMILES string of the molecule is CONCc1c(O)c(F)cc(F)c1F. The van der Waals surface area contributed by atoms with Crippen LogP contribution in [0.1, 0.15) is 5.56 Å². The number of hydrogen-bond acceptors (Lipinski definition) is 3. The average molecular weight is 207 g/mol. The summed E-state index contributed by atoms with van der Waals surface area (Å²) in [7, 11) is 1.25. The molecule has 0 aliphatic rings. The highest BCUT2D eigenvalue weighted by Crippen LogP contribution is 2.25. The van der Waals surface area contributed by atoms with E-state index in [1.54, 1.807) is 0 Å². The van der Waals surface area contributed by atoms with E-state index in [0.29, 0.717) is 0 Å². The fraction of sp³-hybridized carbons (Fsp3) is 0.250. The second kappa shape index (κ2) is 4.30. The molecule has 0 atom stereocenters. The van der Waals surface area contributed by atoms with Crippen molar-refractivity contribution in [3.63, 3.8) is 0 Å². The van der Waals surface area contributed by atoms with E-state index in [1.165, 1.54) is 7.11 Å². The molecule has 6 heteroatoms. The molecule has 1 rings (SSSR count). The molecule has 0 amide bonds. The first-order chi connectivity index (χ1) is 6.57. The van der Waals surface area contributed by atoms with Gasteiger partial charge < -0.3 is 9.94 Å². The van der Waals surface area contributed by atoms with Crippen LogP contribution in [-0.2, 0) is 11.4 Å². The van der Waals surface area contributed by atoms with E-state index < -0.39 is 28.8 Å². The number of benzene rings is 1. The maximum Gasteiger partial charge on any atom is 0.168 e. The summed E-state index contributed by atoms with van der Waals surface area (Å²) >= 11 is 0. The third-order valence-electron chi connectivity index (χ3n) is 1.63. The Labute approximate surface area is 78.1 Å². The average Bonchev–Trinajstić information content (AvgIpc) is 2.15. The summed E-state index contributed by atoms with van der Waals surface area (Å²) in [6.07, 6.45) is 0. The van der Waals surface area contributed by atoms with Crippen LogP contribution in [-0.4, -0.2) is 12.2 Å². The Morgan fingerprint density at radius 1 is 1.36 bits per heavy atom. The van der Waals surface area contributed by atoms with Crippen LogP contribution in [0.4, 0.5) is 13.2 Å². The van der Waals surface area contributed by atoms with Crippen molar-refractivity contribution < 1.29 is 23.1 Å². The maximum absolute atomic E-state index is 13.0. The first kappa shape index (κ1) is 10.8.